The van der Waals surface area contributed by atoms with Crippen LogP contribution < -0.4 is 5.73 Å². The van der Waals surface area contributed by atoms with Crippen molar-refractivity contribution in [2.45, 2.75) is 32.2 Å². The fourth-order valence-electron chi connectivity index (χ4n) is 1.61. The molecule has 0 saturated heterocycles. The first-order valence-electron chi connectivity index (χ1n) is 4.85. The van der Waals surface area contributed by atoms with Gasteiger partial charge in [-0.05, 0) is 25.0 Å². The Hall–Kier alpha value is -1.07. The maximum absolute atomic E-state index is 12.8. The molecule has 1 rings (SSSR count). The third kappa shape index (κ3) is 2.54. The number of aryl methyl sites for hydroxylation is 1. The van der Waals surface area contributed by atoms with Gasteiger partial charge in [0.25, 0.3) is 0 Å². The highest BCUT2D eigenvalue weighted by molar-refractivity contribution is 5.38. The molecule has 5 heteroatoms. The van der Waals surface area contributed by atoms with Gasteiger partial charge < -0.3 is 10.8 Å². The number of hydrogen-bond acceptors (Lipinski definition) is 2. The second-order valence-corrected chi connectivity index (χ2v) is 3.84. The largest absolute Gasteiger partial charge is 0.417 e. The van der Waals surface area contributed by atoms with Crippen molar-refractivity contribution >= 4 is 0 Å². The van der Waals surface area contributed by atoms with Crippen LogP contribution in [0.3, 0.4) is 0 Å². The molecule has 16 heavy (non-hydrogen) atoms. The van der Waals surface area contributed by atoms with Crippen LogP contribution in [-0.2, 0) is 6.18 Å². The number of hydrogen-bond donors (Lipinski definition) is 2. The van der Waals surface area contributed by atoms with Crippen molar-refractivity contribution in [2.24, 2.45) is 5.73 Å². The highest BCUT2D eigenvalue weighted by Gasteiger charge is 2.37. The molecule has 0 bridgehead atoms. The summed E-state index contributed by atoms with van der Waals surface area (Å²) in [5, 5.41) is 9.64. The van der Waals surface area contributed by atoms with E-state index >= 15 is 0 Å². The van der Waals surface area contributed by atoms with Gasteiger partial charge in [0.2, 0.25) is 0 Å². The highest BCUT2D eigenvalue weighted by Crippen LogP contribution is 2.37. The van der Waals surface area contributed by atoms with Gasteiger partial charge in [0.05, 0.1) is 11.7 Å². The first-order chi connectivity index (χ1) is 7.25. The Balaban J connectivity index is 3.35. The minimum Gasteiger partial charge on any atom is -0.387 e. The molecule has 0 heterocycles. The molecule has 2 nitrogen and oxygen atoms in total. The van der Waals surface area contributed by atoms with Gasteiger partial charge in [-0.3, -0.25) is 0 Å². The summed E-state index contributed by atoms with van der Waals surface area (Å²) in [5.74, 6) is 0. The second kappa shape index (κ2) is 4.43. The van der Waals surface area contributed by atoms with Gasteiger partial charge in [0.1, 0.15) is 0 Å². The maximum Gasteiger partial charge on any atom is 0.417 e. The predicted octanol–water partition coefficient (Wildman–Crippen LogP) is 2.39. The van der Waals surface area contributed by atoms with Crippen LogP contribution in [0, 0.1) is 6.92 Å². The van der Waals surface area contributed by atoms with Crippen molar-refractivity contribution in [3.05, 3.63) is 34.9 Å². The summed E-state index contributed by atoms with van der Waals surface area (Å²) in [6.07, 6.45) is -5.78. The minimum atomic E-state index is -4.48. The number of rotatable bonds is 2. The van der Waals surface area contributed by atoms with E-state index in [9.17, 15) is 18.3 Å². The molecule has 0 unspecified atom stereocenters. The Morgan fingerprint density at radius 3 is 2.31 bits per heavy atom. The lowest BCUT2D eigenvalue weighted by atomic mass is 9.94. The number of nitrogens with two attached hydrogens (primary N) is 1. The lowest BCUT2D eigenvalue weighted by Crippen LogP contribution is -2.27. The number of aliphatic hydroxyl groups excluding tert-OH is 1. The summed E-state index contributed by atoms with van der Waals surface area (Å²) >= 11 is 0. The van der Waals surface area contributed by atoms with E-state index in [-0.39, 0.29) is 11.1 Å². The Morgan fingerprint density at radius 2 is 1.88 bits per heavy atom. The number of halogens is 3. The molecule has 0 amide bonds. The molecule has 3 N–H and O–H groups in total. The first kappa shape index (κ1) is 13.0. The quantitative estimate of drug-likeness (QED) is 0.823. The Morgan fingerprint density at radius 1 is 1.31 bits per heavy atom. The summed E-state index contributed by atoms with van der Waals surface area (Å²) < 4.78 is 38.3. The predicted molar refractivity (Wildman–Crippen MR) is 54.8 cm³/mol. The molecule has 1 aromatic rings. The standard InChI is InChI=1S/C11H14F3NO/c1-6-4-3-5-8(10(16)7(2)15)9(6)11(12,13)14/h3-5,7,10,16H,15H2,1-2H3/t7-,10-/m0/s1. The second-order valence-electron chi connectivity index (χ2n) is 3.84. The fraction of sp³-hybridized carbons (Fsp3) is 0.455. The summed E-state index contributed by atoms with van der Waals surface area (Å²) in [6, 6.07) is 3.35. The van der Waals surface area contributed by atoms with Crippen molar-refractivity contribution in [2.75, 3.05) is 0 Å². The molecule has 0 fully saturated rings. The molecule has 1 aromatic carbocycles. The van der Waals surface area contributed by atoms with Crippen LogP contribution in [-0.4, -0.2) is 11.1 Å². The Bertz CT molecular complexity index is 374. The zero-order valence-electron chi connectivity index (χ0n) is 9.05. The number of aliphatic hydroxyl groups is 1. The number of alkyl halides is 3. The van der Waals surface area contributed by atoms with Crippen LogP contribution in [0.2, 0.25) is 0 Å². The van der Waals surface area contributed by atoms with Crippen molar-refractivity contribution in [1.82, 2.24) is 0 Å². The van der Waals surface area contributed by atoms with Crippen LogP contribution in [0.5, 0.6) is 0 Å². The van der Waals surface area contributed by atoms with Crippen LogP contribution in [0.1, 0.15) is 29.7 Å². The van der Waals surface area contributed by atoms with Gasteiger partial charge >= 0.3 is 6.18 Å². The normalized spacial score (nSPS) is 15.9. The molecular formula is C11H14F3NO. The van der Waals surface area contributed by atoms with Crippen molar-refractivity contribution < 1.29 is 18.3 Å². The van der Waals surface area contributed by atoms with Gasteiger partial charge in [-0.25, -0.2) is 0 Å². The van der Waals surface area contributed by atoms with E-state index in [0.717, 1.165) is 0 Å². The Labute approximate surface area is 91.9 Å². The van der Waals surface area contributed by atoms with E-state index in [0.29, 0.717) is 0 Å². The van der Waals surface area contributed by atoms with E-state index in [1.54, 1.807) is 0 Å². The average Bonchev–Trinajstić information content (AvgIpc) is 2.14. The van der Waals surface area contributed by atoms with E-state index in [4.69, 9.17) is 5.73 Å². The van der Waals surface area contributed by atoms with E-state index in [1.165, 1.54) is 32.0 Å². The molecular weight excluding hydrogens is 219 g/mol. The van der Waals surface area contributed by atoms with E-state index < -0.39 is 23.9 Å². The van der Waals surface area contributed by atoms with Crippen molar-refractivity contribution in [1.29, 1.82) is 0 Å². The molecule has 0 aromatic heterocycles. The summed E-state index contributed by atoms with van der Waals surface area (Å²) in [7, 11) is 0. The molecule has 0 radical (unpaired) electrons. The van der Waals surface area contributed by atoms with Crippen LogP contribution in [0.4, 0.5) is 13.2 Å². The first-order valence-corrected chi connectivity index (χ1v) is 4.85. The van der Waals surface area contributed by atoms with Crippen molar-refractivity contribution in [3.63, 3.8) is 0 Å². The molecule has 0 spiro atoms. The van der Waals surface area contributed by atoms with E-state index in [1.807, 2.05) is 0 Å². The summed E-state index contributed by atoms with van der Waals surface area (Å²) in [6.45, 7) is 2.83. The molecule has 0 aliphatic heterocycles. The van der Waals surface area contributed by atoms with Gasteiger partial charge in [0.15, 0.2) is 0 Å². The van der Waals surface area contributed by atoms with Crippen LogP contribution in [0.25, 0.3) is 0 Å². The van der Waals surface area contributed by atoms with Gasteiger partial charge in [-0.15, -0.1) is 0 Å². The minimum absolute atomic E-state index is 0.0877. The molecule has 0 aliphatic carbocycles. The smallest absolute Gasteiger partial charge is 0.387 e. The zero-order valence-corrected chi connectivity index (χ0v) is 9.05. The lowest BCUT2D eigenvalue weighted by molar-refractivity contribution is -0.139. The zero-order chi connectivity index (χ0) is 12.5. The third-order valence-corrected chi connectivity index (χ3v) is 2.41. The Kier molecular flexibility index (Phi) is 3.60. The summed E-state index contributed by atoms with van der Waals surface area (Å²) in [4.78, 5) is 0. The highest BCUT2D eigenvalue weighted by atomic mass is 19.4. The maximum atomic E-state index is 12.8. The summed E-state index contributed by atoms with van der Waals surface area (Å²) in [5.41, 5.74) is 4.54. The van der Waals surface area contributed by atoms with Crippen LogP contribution in [0.15, 0.2) is 18.2 Å². The molecule has 90 valence electrons. The molecule has 0 aliphatic rings. The fourth-order valence-corrected chi connectivity index (χ4v) is 1.61. The van der Waals surface area contributed by atoms with Gasteiger partial charge in [-0.2, -0.15) is 13.2 Å². The van der Waals surface area contributed by atoms with E-state index in [2.05, 4.69) is 0 Å². The monoisotopic (exact) mass is 233 g/mol. The molecule has 2 atom stereocenters. The third-order valence-electron chi connectivity index (χ3n) is 2.41. The number of benzene rings is 1. The topological polar surface area (TPSA) is 46.2 Å². The SMILES string of the molecule is Cc1cccc([C@@H](O)[C@H](C)N)c1C(F)(F)F. The van der Waals surface area contributed by atoms with Crippen LogP contribution >= 0.6 is 0 Å². The van der Waals surface area contributed by atoms with Gasteiger partial charge in [0, 0.05) is 6.04 Å². The molecule has 0 saturated carbocycles. The van der Waals surface area contributed by atoms with Crippen molar-refractivity contribution in [3.8, 4) is 0 Å². The lowest BCUT2D eigenvalue weighted by Gasteiger charge is -2.21. The van der Waals surface area contributed by atoms with Gasteiger partial charge in [-0.1, -0.05) is 18.2 Å². The average molecular weight is 233 g/mol.